The average molecular weight is 313 g/mol. The molecule has 3 aromatic rings. The first-order valence-corrected chi connectivity index (χ1v) is 6.79. The number of thiophene rings is 1. The van der Waals surface area contributed by atoms with Gasteiger partial charge in [-0.15, -0.1) is 11.3 Å². The molecule has 0 spiro atoms. The molecule has 3 nitrogen and oxygen atoms in total. The first-order valence-electron chi connectivity index (χ1n) is 5.60. The Morgan fingerprint density at radius 1 is 1.25 bits per heavy atom. The lowest BCUT2D eigenvalue weighted by molar-refractivity contribution is 0.408. The van der Waals surface area contributed by atoms with Gasteiger partial charge in [0.05, 0.1) is 5.39 Å². The third kappa shape index (κ3) is 2.32. The summed E-state index contributed by atoms with van der Waals surface area (Å²) in [5, 5.41) is 0.603. The van der Waals surface area contributed by atoms with E-state index in [1.54, 1.807) is 0 Å². The second-order valence-corrected chi connectivity index (χ2v) is 5.60. The van der Waals surface area contributed by atoms with Crippen molar-refractivity contribution in [2.24, 2.45) is 0 Å². The van der Waals surface area contributed by atoms with Crippen LogP contribution in [0.1, 0.15) is 4.88 Å². The van der Waals surface area contributed by atoms with E-state index in [4.69, 9.17) is 16.3 Å². The summed E-state index contributed by atoms with van der Waals surface area (Å²) >= 11 is 7.22. The van der Waals surface area contributed by atoms with E-state index < -0.39 is 11.6 Å². The summed E-state index contributed by atoms with van der Waals surface area (Å²) in [6.45, 7) is 1.90. The summed E-state index contributed by atoms with van der Waals surface area (Å²) in [7, 11) is 0. The van der Waals surface area contributed by atoms with Gasteiger partial charge in [0.15, 0.2) is 11.6 Å². The Bertz CT molecular complexity index is 806. The molecule has 0 aliphatic rings. The fourth-order valence-electron chi connectivity index (χ4n) is 1.74. The molecule has 3 rings (SSSR count). The van der Waals surface area contributed by atoms with E-state index in [9.17, 15) is 8.78 Å². The van der Waals surface area contributed by atoms with Crippen LogP contribution in [0.3, 0.4) is 0 Å². The lowest BCUT2D eigenvalue weighted by atomic mass is 10.3. The Labute approximate surface area is 121 Å². The van der Waals surface area contributed by atoms with Gasteiger partial charge in [-0.3, -0.25) is 0 Å². The molecule has 102 valence electrons. The number of hydrogen-bond acceptors (Lipinski definition) is 4. The highest BCUT2D eigenvalue weighted by Gasteiger charge is 2.15. The van der Waals surface area contributed by atoms with Crippen LogP contribution >= 0.6 is 22.9 Å². The molecular formula is C13H7ClF2N2OS. The van der Waals surface area contributed by atoms with Crippen LogP contribution in [0.2, 0.25) is 5.28 Å². The van der Waals surface area contributed by atoms with Gasteiger partial charge in [0.2, 0.25) is 17.0 Å². The predicted molar refractivity (Wildman–Crippen MR) is 73.6 cm³/mol. The molecule has 20 heavy (non-hydrogen) atoms. The number of hydrogen-bond donors (Lipinski definition) is 0. The molecule has 0 N–H and O–H groups in total. The van der Waals surface area contributed by atoms with Gasteiger partial charge in [0.25, 0.3) is 0 Å². The van der Waals surface area contributed by atoms with Crippen molar-refractivity contribution in [3.63, 3.8) is 0 Å². The molecule has 2 aromatic heterocycles. The third-order valence-corrected chi connectivity index (χ3v) is 3.69. The van der Waals surface area contributed by atoms with Crippen LogP contribution in [0.4, 0.5) is 8.78 Å². The minimum atomic E-state index is -1.07. The second kappa shape index (κ2) is 4.96. The van der Waals surface area contributed by atoms with Gasteiger partial charge >= 0.3 is 0 Å². The molecule has 0 saturated heterocycles. The largest absolute Gasteiger partial charge is 0.435 e. The summed E-state index contributed by atoms with van der Waals surface area (Å²) in [4.78, 5) is 9.61. The number of nitrogens with zero attached hydrogens (tertiary/aromatic N) is 2. The van der Waals surface area contributed by atoms with Crippen LogP contribution in [0.15, 0.2) is 24.3 Å². The zero-order valence-corrected chi connectivity index (χ0v) is 11.7. The van der Waals surface area contributed by atoms with Crippen LogP contribution in [0, 0.1) is 18.6 Å². The Morgan fingerprint density at radius 2 is 2.05 bits per heavy atom. The molecule has 0 aliphatic heterocycles. The van der Waals surface area contributed by atoms with Crippen molar-refractivity contribution >= 4 is 33.2 Å². The van der Waals surface area contributed by atoms with Crippen LogP contribution in [-0.4, -0.2) is 9.97 Å². The fourth-order valence-corrected chi connectivity index (χ4v) is 2.82. The Morgan fingerprint density at radius 3 is 2.85 bits per heavy atom. The number of aryl methyl sites for hydroxylation is 1. The minimum Gasteiger partial charge on any atom is -0.435 e. The maximum Gasteiger partial charge on any atom is 0.232 e. The number of rotatable bonds is 2. The minimum absolute atomic E-state index is 0.00818. The van der Waals surface area contributed by atoms with E-state index in [2.05, 4.69) is 9.97 Å². The van der Waals surface area contributed by atoms with Crippen molar-refractivity contribution in [1.82, 2.24) is 9.97 Å². The molecule has 7 heteroatoms. The van der Waals surface area contributed by atoms with E-state index in [-0.39, 0.29) is 16.9 Å². The number of ether oxygens (including phenoxy) is 1. The lowest BCUT2D eigenvalue weighted by Gasteiger charge is -2.07. The smallest absolute Gasteiger partial charge is 0.232 e. The maximum absolute atomic E-state index is 13.6. The second-order valence-electron chi connectivity index (χ2n) is 4.03. The Hall–Kier alpha value is -1.79. The number of aromatic nitrogens is 2. The highest BCUT2D eigenvalue weighted by atomic mass is 35.5. The van der Waals surface area contributed by atoms with Gasteiger partial charge in [-0.05, 0) is 36.7 Å². The Balaban J connectivity index is 2.12. The fraction of sp³-hybridized carbons (Fsp3) is 0.0769. The standard InChI is InChI=1S/C13H7ClF2N2OS/c1-6-5-7-11(17-13(14)18-12(7)20-6)19-9-4-2-3-8(15)10(9)16/h2-5H,1H3. The summed E-state index contributed by atoms with van der Waals surface area (Å²) in [6.07, 6.45) is 0. The molecule has 2 heterocycles. The van der Waals surface area contributed by atoms with Crippen LogP contribution in [-0.2, 0) is 0 Å². The highest BCUT2D eigenvalue weighted by Crippen LogP contribution is 2.34. The van der Waals surface area contributed by atoms with Gasteiger partial charge in [0.1, 0.15) is 4.83 Å². The Kier molecular flexibility index (Phi) is 3.27. The van der Waals surface area contributed by atoms with Gasteiger partial charge in [-0.1, -0.05) is 6.07 Å². The van der Waals surface area contributed by atoms with Gasteiger partial charge in [-0.25, -0.2) is 9.37 Å². The van der Waals surface area contributed by atoms with Crippen molar-refractivity contribution in [2.75, 3.05) is 0 Å². The molecule has 0 aliphatic carbocycles. The maximum atomic E-state index is 13.6. The quantitative estimate of drug-likeness (QED) is 0.642. The van der Waals surface area contributed by atoms with Crippen molar-refractivity contribution in [3.8, 4) is 11.6 Å². The van der Waals surface area contributed by atoms with Crippen LogP contribution in [0.25, 0.3) is 10.2 Å². The molecule has 1 aromatic carbocycles. The van der Waals surface area contributed by atoms with Gasteiger partial charge in [0, 0.05) is 4.88 Å². The SMILES string of the molecule is Cc1cc2c(Oc3cccc(F)c3F)nc(Cl)nc2s1. The summed E-state index contributed by atoms with van der Waals surface area (Å²) in [6, 6.07) is 5.49. The van der Waals surface area contributed by atoms with Crippen LogP contribution in [0.5, 0.6) is 11.6 Å². The van der Waals surface area contributed by atoms with E-state index in [1.165, 1.54) is 23.5 Å². The lowest BCUT2D eigenvalue weighted by Crippen LogP contribution is -1.95. The summed E-state index contributed by atoms with van der Waals surface area (Å²) in [5.74, 6) is -2.19. The van der Waals surface area contributed by atoms with E-state index in [0.717, 1.165) is 10.9 Å². The molecule has 0 unspecified atom stereocenters. The van der Waals surface area contributed by atoms with Crippen molar-refractivity contribution < 1.29 is 13.5 Å². The predicted octanol–water partition coefficient (Wildman–Crippen LogP) is 4.72. The van der Waals surface area contributed by atoms with Gasteiger partial charge in [-0.2, -0.15) is 9.37 Å². The zero-order chi connectivity index (χ0) is 14.3. The molecular weight excluding hydrogens is 306 g/mol. The highest BCUT2D eigenvalue weighted by molar-refractivity contribution is 7.18. The van der Waals surface area contributed by atoms with Crippen molar-refractivity contribution in [3.05, 3.63) is 46.1 Å². The molecule has 0 saturated carbocycles. The molecule has 0 bridgehead atoms. The van der Waals surface area contributed by atoms with E-state index in [1.807, 2.05) is 13.0 Å². The number of benzene rings is 1. The first kappa shape index (κ1) is 13.2. The number of halogens is 3. The normalized spacial score (nSPS) is 11.0. The van der Waals surface area contributed by atoms with Crippen LogP contribution < -0.4 is 4.74 Å². The monoisotopic (exact) mass is 312 g/mol. The first-order chi connectivity index (χ1) is 9.54. The third-order valence-electron chi connectivity index (χ3n) is 2.58. The molecule has 0 fully saturated rings. The van der Waals surface area contributed by atoms with E-state index in [0.29, 0.717) is 10.2 Å². The average Bonchev–Trinajstić information content (AvgIpc) is 2.75. The summed E-state index contributed by atoms with van der Waals surface area (Å²) < 4.78 is 32.1. The van der Waals surface area contributed by atoms with E-state index >= 15 is 0 Å². The molecule has 0 amide bonds. The topological polar surface area (TPSA) is 35.0 Å². The zero-order valence-electron chi connectivity index (χ0n) is 10.2. The molecule has 0 atom stereocenters. The van der Waals surface area contributed by atoms with Crippen molar-refractivity contribution in [1.29, 1.82) is 0 Å². The van der Waals surface area contributed by atoms with Crippen molar-refractivity contribution in [2.45, 2.75) is 6.92 Å². The number of fused-ring (bicyclic) bond motifs is 1. The van der Waals surface area contributed by atoms with Gasteiger partial charge < -0.3 is 4.74 Å². The summed E-state index contributed by atoms with van der Waals surface area (Å²) in [5.41, 5.74) is 0. The molecule has 0 radical (unpaired) electrons.